The fourth-order valence-corrected chi connectivity index (χ4v) is 4.37. The normalized spacial score (nSPS) is 13.9. The average Bonchev–Trinajstić information content (AvgIpc) is 3.00. The van der Waals surface area contributed by atoms with Crippen LogP contribution in [0.3, 0.4) is 0 Å². The highest BCUT2D eigenvalue weighted by Crippen LogP contribution is 2.41. The van der Waals surface area contributed by atoms with Crippen molar-refractivity contribution in [3.63, 3.8) is 0 Å². The summed E-state index contributed by atoms with van der Waals surface area (Å²) in [6.45, 7) is 4.11. The Bertz CT molecular complexity index is 1120. The first-order valence-corrected chi connectivity index (χ1v) is 10.8. The molecular formula is C24H25BrFNO4. The molecule has 0 amide bonds. The lowest BCUT2D eigenvalue weighted by Crippen LogP contribution is -2.19. The van der Waals surface area contributed by atoms with E-state index in [2.05, 4.69) is 34.3 Å². The van der Waals surface area contributed by atoms with Crippen LogP contribution in [0.5, 0.6) is 0 Å². The topological polar surface area (TPSA) is 82.7 Å². The fraction of sp³-hybridized carbons (Fsp3) is 0.292. The Morgan fingerprint density at radius 2 is 1.90 bits per heavy atom. The molecule has 7 heteroatoms. The average molecular weight is 490 g/mol. The van der Waals surface area contributed by atoms with Gasteiger partial charge in [0.05, 0.1) is 18.6 Å². The van der Waals surface area contributed by atoms with E-state index in [1.807, 2.05) is 24.3 Å². The number of aromatic nitrogens is 1. The minimum atomic E-state index is -1.14. The van der Waals surface area contributed by atoms with Crippen LogP contribution in [0.2, 0.25) is 0 Å². The first kappa shape index (κ1) is 23.2. The molecule has 3 aromatic rings. The van der Waals surface area contributed by atoms with Crippen molar-refractivity contribution in [1.82, 2.24) is 4.57 Å². The molecule has 31 heavy (non-hydrogen) atoms. The lowest BCUT2D eigenvalue weighted by Gasteiger charge is -2.15. The first-order valence-electron chi connectivity index (χ1n) is 10.0. The van der Waals surface area contributed by atoms with Crippen LogP contribution >= 0.6 is 15.9 Å². The molecule has 0 aliphatic rings. The van der Waals surface area contributed by atoms with Crippen LogP contribution in [0.25, 0.3) is 28.1 Å². The molecule has 5 nitrogen and oxygen atoms in total. The van der Waals surface area contributed by atoms with E-state index in [4.69, 9.17) is 5.11 Å². The van der Waals surface area contributed by atoms with Crippen LogP contribution in [-0.4, -0.2) is 38.1 Å². The van der Waals surface area contributed by atoms with E-state index in [1.165, 1.54) is 12.1 Å². The van der Waals surface area contributed by atoms with E-state index in [-0.39, 0.29) is 18.3 Å². The maximum absolute atomic E-state index is 13.7. The Hall–Kier alpha value is -2.48. The van der Waals surface area contributed by atoms with Crippen LogP contribution in [-0.2, 0) is 4.79 Å². The highest BCUT2D eigenvalue weighted by Gasteiger charge is 2.21. The summed E-state index contributed by atoms with van der Waals surface area (Å²) in [5.41, 5.74) is 3.54. The number of carbonyl (C=O) groups is 1. The zero-order chi connectivity index (χ0) is 22.7. The number of aliphatic carboxylic acids is 1. The van der Waals surface area contributed by atoms with Crippen LogP contribution in [0.1, 0.15) is 38.4 Å². The summed E-state index contributed by atoms with van der Waals surface area (Å²) >= 11 is 3.47. The second kappa shape index (κ2) is 9.77. The highest BCUT2D eigenvalue weighted by atomic mass is 79.9. The number of nitrogens with zero attached hydrogens (tertiary/aromatic N) is 1. The van der Waals surface area contributed by atoms with Crippen molar-refractivity contribution in [2.24, 2.45) is 0 Å². The number of aliphatic hydroxyl groups excluding tert-OH is 2. The van der Waals surface area contributed by atoms with Crippen molar-refractivity contribution >= 4 is 38.9 Å². The van der Waals surface area contributed by atoms with E-state index in [0.717, 1.165) is 27.7 Å². The van der Waals surface area contributed by atoms with Gasteiger partial charge in [-0.1, -0.05) is 46.3 Å². The van der Waals surface area contributed by atoms with Crippen molar-refractivity contribution in [3.05, 3.63) is 64.5 Å². The molecule has 1 heterocycles. The molecule has 0 aliphatic heterocycles. The summed E-state index contributed by atoms with van der Waals surface area (Å²) in [5, 5.41) is 29.9. The second-order valence-electron chi connectivity index (χ2n) is 7.78. The maximum Gasteiger partial charge on any atom is 0.305 e. The molecule has 164 valence electrons. The fourth-order valence-electron chi connectivity index (χ4n) is 3.82. The molecule has 0 radical (unpaired) electrons. The zero-order valence-corrected chi connectivity index (χ0v) is 18.9. The van der Waals surface area contributed by atoms with Crippen molar-refractivity contribution in [3.8, 4) is 11.1 Å². The number of carboxylic acid groups (broad SMARTS) is 1. The van der Waals surface area contributed by atoms with Gasteiger partial charge in [-0.05, 0) is 43.7 Å². The molecule has 2 atom stereocenters. The standard InChI is InChI=1S/C24H25BrFNO4/c1-14(2)27-21-6-4-3-5-19(21)24(18-9-7-15(26)11-20(18)25)22(27)10-8-16(28)12-17(29)13-23(30)31/h3-11,14,16-17,28-29H,12-13H2,1-2H3,(H,30,31)/t16-,17-/m1/s1. The molecule has 0 fully saturated rings. The van der Waals surface area contributed by atoms with Crippen LogP contribution in [0, 0.1) is 5.82 Å². The summed E-state index contributed by atoms with van der Waals surface area (Å²) in [6.07, 6.45) is 0.671. The lowest BCUT2D eigenvalue weighted by molar-refractivity contribution is -0.139. The first-order chi connectivity index (χ1) is 14.7. The van der Waals surface area contributed by atoms with E-state index < -0.39 is 24.6 Å². The number of hydrogen-bond acceptors (Lipinski definition) is 3. The maximum atomic E-state index is 13.7. The number of carboxylic acids is 1. The summed E-state index contributed by atoms with van der Waals surface area (Å²) in [7, 11) is 0. The molecule has 0 spiro atoms. The number of aliphatic hydroxyl groups is 2. The minimum Gasteiger partial charge on any atom is -0.481 e. The SMILES string of the molecule is CC(C)n1c(C=C[C@@H](O)C[C@@H](O)CC(=O)O)c(-c2ccc(F)cc2Br)c2ccccc21. The largest absolute Gasteiger partial charge is 0.481 e. The third-order valence-electron chi connectivity index (χ3n) is 5.07. The van der Waals surface area contributed by atoms with Crippen LogP contribution < -0.4 is 0 Å². The molecule has 0 unspecified atom stereocenters. The van der Waals surface area contributed by atoms with Gasteiger partial charge in [0, 0.05) is 39.1 Å². The summed E-state index contributed by atoms with van der Waals surface area (Å²) in [6, 6.07) is 12.6. The Balaban J connectivity index is 2.13. The van der Waals surface area contributed by atoms with E-state index in [1.54, 1.807) is 18.2 Å². The van der Waals surface area contributed by atoms with Gasteiger partial charge >= 0.3 is 5.97 Å². The summed E-state index contributed by atoms with van der Waals surface area (Å²) < 4.78 is 16.5. The predicted octanol–water partition coefficient (Wildman–Crippen LogP) is 5.39. The third kappa shape index (κ3) is 5.23. The molecule has 1 aromatic heterocycles. The van der Waals surface area contributed by atoms with Gasteiger partial charge in [-0.15, -0.1) is 0 Å². The van der Waals surface area contributed by atoms with Gasteiger partial charge in [-0.25, -0.2) is 4.39 Å². The molecule has 3 rings (SSSR count). The summed E-state index contributed by atoms with van der Waals surface area (Å²) in [4.78, 5) is 10.8. The minimum absolute atomic E-state index is 0.0831. The Kier molecular flexibility index (Phi) is 7.30. The van der Waals surface area contributed by atoms with Crippen molar-refractivity contribution in [1.29, 1.82) is 0 Å². The third-order valence-corrected chi connectivity index (χ3v) is 5.72. The molecule has 2 aromatic carbocycles. The number of benzene rings is 2. The van der Waals surface area contributed by atoms with Crippen LogP contribution in [0.4, 0.5) is 4.39 Å². The quantitative estimate of drug-likeness (QED) is 0.396. The van der Waals surface area contributed by atoms with Gasteiger partial charge in [-0.3, -0.25) is 4.79 Å². The van der Waals surface area contributed by atoms with E-state index >= 15 is 0 Å². The number of hydrogen-bond donors (Lipinski definition) is 3. The molecule has 0 bridgehead atoms. The molecule has 3 N–H and O–H groups in total. The molecular weight excluding hydrogens is 465 g/mol. The van der Waals surface area contributed by atoms with Crippen molar-refractivity contribution in [2.45, 2.75) is 44.9 Å². The molecule has 0 saturated carbocycles. The smallest absolute Gasteiger partial charge is 0.305 e. The summed E-state index contributed by atoms with van der Waals surface area (Å²) in [5.74, 6) is -1.46. The van der Waals surface area contributed by atoms with Crippen molar-refractivity contribution < 1.29 is 24.5 Å². The van der Waals surface area contributed by atoms with E-state index in [9.17, 15) is 19.4 Å². The Morgan fingerprint density at radius 3 is 2.55 bits per heavy atom. The Morgan fingerprint density at radius 1 is 1.19 bits per heavy atom. The zero-order valence-electron chi connectivity index (χ0n) is 17.3. The van der Waals surface area contributed by atoms with Gasteiger partial charge in [0.1, 0.15) is 5.82 Å². The van der Waals surface area contributed by atoms with E-state index in [0.29, 0.717) is 4.47 Å². The van der Waals surface area contributed by atoms with Gasteiger partial charge < -0.3 is 19.9 Å². The molecule has 0 aliphatic carbocycles. The van der Waals surface area contributed by atoms with Crippen molar-refractivity contribution in [2.75, 3.05) is 0 Å². The predicted molar refractivity (Wildman–Crippen MR) is 123 cm³/mol. The van der Waals surface area contributed by atoms with Crippen LogP contribution in [0.15, 0.2) is 53.0 Å². The van der Waals surface area contributed by atoms with Gasteiger partial charge in [0.25, 0.3) is 0 Å². The number of halogens is 2. The molecule has 0 saturated heterocycles. The highest BCUT2D eigenvalue weighted by molar-refractivity contribution is 9.10. The Labute approximate surface area is 188 Å². The number of para-hydroxylation sites is 1. The van der Waals surface area contributed by atoms with Gasteiger partial charge in [-0.2, -0.15) is 0 Å². The number of rotatable bonds is 8. The lowest BCUT2D eigenvalue weighted by atomic mass is 10.0. The number of fused-ring (bicyclic) bond motifs is 1. The second-order valence-corrected chi connectivity index (χ2v) is 8.63. The van der Waals surface area contributed by atoms with Gasteiger partial charge in [0.15, 0.2) is 0 Å². The monoisotopic (exact) mass is 489 g/mol. The van der Waals surface area contributed by atoms with Gasteiger partial charge in [0.2, 0.25) is 0 Å².